The molecule has 1 aliphatic rings. The molecule has 8 aromatic rings. The fourth-order valence-electron chi connectivity index (χ4n) is 6.63. The van der Waals surface area contributed by atoms with Crippen molar-refractivity contribution in [1.82, 2.24) is 30.4 Å². The zero-order valence-electron chi connectivity index (χ0n) is 31.7. The molecule has 5 N–H and O–H groups in total. The highest BCUT2D eigenvalue weighted by Crippen LogP contribution is 2.28. The molecule has 1 aliphatic heterocycles. The van der Waals surface area contributed by atoms with E-state index in [0.717, 1.165) is 82.6 Å². The Morgan fingerprint density at radius 2 is 1.17 bits per heavy atom. The van der Waals surface area contributed by atoms with E-state index in [9.17, 15) is 18.0 Å². The third kappa shape index (κ3) is 9.25. The summed E-state index contributed by atoms with van der Waals surface area (Å²) >= 11 is 0. The molecule has 0 saturated carbocycles. The van der Waals surface area contributed by atoms with Crippen molar-refractivity contribution in [1.29, 1.82) is 0 Å². The number of pyridine rings is 2. The molecule has 0 atom stereocenters. The summed E-state index contributed by atoms with van der Waals surface area (Å²) in [5, 5.41) is 21.3. The number of carbonyl (C=O) groups excluding carboxylic acids is 2. The standard InChI is InChI=1S/C23H21N5O2.C20H17N5O3S/c29-23(25-18-4-6-19(7-5-18)28-10-12-30-13-11-28)22-20-14-16(3-8-21(20)26-27-22)17-2-1-9-24-15-17;1-29(27,28)25-16-6-2-5-15(11-16)22-20(26)19-17-10-13(7-8-18(17)23-24-19)14-4-3-9-21-12-14/h1-9,14-15H,10-13H2,(H,25,29)(H,26,27);2-12,25H,1H3,(H,22,26)(H,23,24). The number of fused-ring (bicyclic) bond motifs is 2. The second-order valence-electron chi connectivity index (χ2n) is 13.7. The van der Waals surface area contributed by atoms with E-state index < -0.39 is 15.9 Å². The molecule has 15 nitrogen and oxygen atoms in total. The molecule has 296 valence electrons. The van der Waals surface area contributed by atoms with E-state index >= 15 is 0 Å². The van der Waals surface area contributed by atoms with Gasteiger partial charge < -0.3 is 20.3 Å². The predicted octanol–water partition coefficient (Wildman–Crippen LogP) is 6.96. The van der Waals surface area contributed by atoms with Crippen LogP contribution >= 0.6 is 0 Å². The minimum absolute atomic E-state index is 0.243. The molecule has 59 heavy (non-hydrogen) atoms. The molecule has 0 spiro atoms. The summed E-state index contributed by atoms with van der Waals surface area (Å²) in [6, 6.07) is 33.5. The Hall–Kier alpha value is -7.43. The SMILES string of the molecule is CS(=O)(=O)Nc1cccc(NC(=O)c2n[nH]c3ccc(-c4cccnc4)cc23)c1.O=C(Nc1ccc(N2CCOCC2)cc1)c1n[nH]c2ccc(-c3cccnc3)cc12. The molecule has 1 fully saturated rings. The van der Waals surface area contributed by atoms with Crippen molar-refractivity contribution >= 4 is 66.4 Å². The van der Waals surface area contributed by atoms with E-state index in [4.69, 9.17) is 4.74 Å². The number of nitrogens with zero attached hydrogens (tertiary/aromatic N) is 5. The lowest BCUT2D eigenvalue weighted by atomic mass is 10.0. The minimum atomic E-state index is -3.41. The van der Waals surface area contributed by atoms with Gasteiger partial charge in [0.15, 0.2) is 11.4 Å². The second-order valence-corrected chi connectivity index (χ2v) is 15.4. The highest BCUT2D eigenvalue weighted by Gasteiger charge is 2.18. The molecule has 4 aromatic heterocycles. The maximum absolute atomic E-state index is 12.9. The van der Waals surface area contributed by atoms with Crippen LogP contribution in [0.5, 0.6) is 0 Å². The number of anilines is 4. The molecule has 16 heteroatoms. The molecule has 4 aromatic carbocycles. The molecule has 2 amide bonds. The number of rotatable bonds is 9. The number of hydrogen-bond acceptors (Lipinski definition) is 10. The Morgan fingerprint density at radius 3 is 1.69 bits per heavy atom. The number of aromatic amines is 2. The number of sulfonamides is 1. The molecular formula is C43H38N10O5S. The Bertz CT molecular complexity index is 2860. The molecule has 1 saturated heterocycles. The van der Waals surface area contributed by atoms with Gasteiger partial charge in [-0.1, -0.05) is 30.3 Å². The first-order valence-electron chi connectivity index (χ1n) is 18.6. The van der Waals surface area contributed by atoms with Crippen LogP contribution in [0.25, 0.3) is 44.1 Å². The third-order valence-corrected chi connectivity index (χ3v) is 10.1. The number of amides is 2. The number of nitrogens with one attached hydrogen (secondary N) is 5. The summed E-state index contributed by atoms with van der Waals surface area (Å²) in [5.74, 6) is -0.653. The summed E-state index contributed by atoms with van der Waals surface area (Å²) in [7, 11) is -3.41. The lowest BCUT2D eigenvalue weighted by Crippen LogP contribution is -2.36. The van der Waals surface area contributed by atoms with Crippen LogP contribution in [0.3, 0.4) is 0 Å². The highest BCUT2D eigenvalue weighted by molar-refractivity contribution is 7.92. The van der Waals surface area contributed by atoms with E-state index in [1.165, 1.54) is 6.07 Å². The van der Waals surface area contributed by atoms with Gasteiger partial charge in [-0.3, -0.25) is 34.5 Å². The van der Waals surface area contributed by atoms with Gasteiger partial charge in [0.25, 0.3) is 11.8 Å². The van der Waals surface area contributed by atoms with Gasteiger partial charge in [-0.05, 0) is 90.0 Å². The fourth-order valence-corrected chi connectivity index (χ4v) is 7.19. The maximum Gasteiger partial charge on any atom is 0.276 e. The van der Waals surface area contributed by atoms with Crippen LogP contribution in [0.15, 0.2) is 134 Å². The lowest BCUT2D eigenvalue weighted by Gasteiger charge is -2.28. The van der Waals surface area contributed by atoms with E-state index in [1.54, 1.807) is 43.0 Å². The van der Waals surface area contributed by atoms with Gasteiger partial charge in [0.1, 0.15) is 0 Å². The number of carbonyl (C=O) groups is 2. The molecule has 0 unspecified atom stereocenters. The first-order chi connectivity index (χ1) is 28.7. The first kappa shape index (κ1) is 38.4. The van der Waals surface area contributed by atoms with E-state index in [-0.39, 0.29) is 11.6 Å². The number of hydrogen-bond donors (Lipinski definition) is 5. The Morgan fingerprint density at radius 1 is 0.627 bits per heavy atom. The predicted molar refractivity (Wildman–Crippen MR) is 229 cm³/mol. The average Bonchev–Trinajstić information content (AvgIpc) is 3.89. The third-order valence-electron chi connectivity index (χ3n) is 9.47. The first-order valence-corrected chi connectivity index (χ1v) is 20.5. The zero-order chi connectivity index (χ0) is 40.8. The van der Waals surface area contributed by atoms with Crippen molar-refractivity contribution in [2.75, 3.05) is 52.8 Å². The van der Waals surface area contributed by atoms with E-state index in [0.29, 0.717) is 22.5 Å². The van der Waals surface area contributed by atoms with Crippen molar-refractivity contribution in [2.24, 2.45) is 0 Å². The van der Waals surface area contributed by atoms with Crippen LogP contribution < -0.4 is 20.3 Å². The van der Waals surface area contributed by atoms with Crippen LogP contribution in [-0.4, -0.2) is 83.2 Å². The summed E-state index contributed by atoms with van der Waals surface area (Å²) < 4.78 is 30.6. The minimum Gasteiger partial charge on any atom is -0.378 e. The van der Waals surface area contributed by atoms with Gasteiger partial charge >= 0.3 is 0 Å². The number of H-pyrrole nitrogens is 2. The van der Waals surface area contributed by atoms with Crippen molar-refractivity contribution in [2.45, 2.75) is 0 Å². The van der Waals surface area contributed by atoms with Gasteiger partial charge in [-0.2, -0.15) is 10.2 Å². The van der Waals surface area contributed by atoms with Crippen LogP contribution in [0, 0.1) is 0 Å². The Kier molecular flexibility index (Phi) is 11.1. The lowest BCUT2D eigenvalue weighted by molar-refractivity contribution is 0.101. The smallest absolute Gasteiger partial charge is 0.276 e. The maximum atomic E-state index is 12.9. The molecule has 5 heterocycles. The number of ether oxygens (including phenoxy) is 1. The van der Waals surface area contributed by atoms with Gasteiger partial charge in [0.2, 0.25) is 10.0 Å². The normalized spacial score (nSPS) is 12.7. The quantitative estimate of drug-likeness (QED) is 0.102. The molecule has 0 bridgehead atoms. The van der Waals surface area contributed by atoms with Gasteiger partial charge in [-0.25, -0.2) is 8.42 Å². The van der Waals surface area contributed by atoms with Crippen molar-refractivity contribution in [3.8, 4) is 22.3 Å². The highest BCUT2D eigenvalue weighted by atomic mass is 32.2. The van der Waals surface area contributed by atoms with E-state index in [1.807, 2.05) is 84.9 Å². The monoisotopic (exact) mass is 806 g/mol. The van der Waals surface area contributed by atoms with Crippen molar-refractivity contribution in [3.63, 3.8) is 0 Å². The average molecular weight is 807 g/mol. The summed E-state index contributed by atoms with van der Waals surface area (Å²) in [6.45, 7) is 3.24. The Balaban J connectivity index is 0.000000164. The zero-order valence-corrected chi connectivity index (χ0v) is 32.5. The van der Waals surface area contributed by atoms with Gasteiger partial charge in [0.05, 0.1) is 36.2 Å². The molecule has 9 rings (SSSR count). The van der Waals surface area contributed by atoms with Crippen molar-refractivity contribution < 1.29 is 22.7 Å². The van der Waals surface area contributed by atoms with Crippen LogP contribution in [-0.2, 0) is 14.8 Å². The molecule has 0 radical (unpaired) electrons. The molecule has 0 aliphatic carbocycles. The topological polar surface area (TPSA) is 200 Å². The second kappa shape index (κ2) is 17.0. The number of morpholine rings is 1. The van der Waals surface area contributed by atoms with E-state index in [2.05, 4.69) is 50.6 Å². The van der Waals surface area contributed by atoms with Crippen LogP contribution in [0.1, 0.15) is 21.0 Å². The summed E-state index contributed by atoms with van der Waals surface area (Å²) in [4.78, 5) is 36.2. The number of benzene rings is 4. The van der Waals surface area contributed by atoms with Crippen molar-refractivity contribution in [3.05, 3.63) is 145 Å². The van der Waals surface area contributed by atoms with Gasteiger partial charge in [0, 0.05) is 76.8 Å². The largest absolute Gasteiger partial charge is 0.378 e. The molecular weight excluding hydrogens is 769 g/mol. The van der Waals surface area contributed by atoms with Crippen LogP contribution in [0.2, 0.25) is 0 Å². The fraction of sp³-hybridized carbons (Fsp3) is 0.116. The number of aromatic nitrogens is 6. The van der Waals surface area contributed by atoms with Gasteiger partial charge in [-0.15, -0.1) is 0 Å². The summed E-state index contributed by atoms with van der Waals surface area (Å²) in [5.41, 5.74) is 8.65. The Labute approximate surface area is 338 Å². The summed E-state index contributed by atoms with van der Waals surface area (Å²) in [6.07, 6.45) is 8.06. The van der Waals surface area contributed by atoms with Crippen LogP contribution in [0.4, 0.5) is 22.7 Å².